The molecule has 1 atom stereocenters. The molecule has 2 aliphatic rings. The molecule has 0 unspecified atom stereocenters. The maximum Gasteiger partial charge on any atom is 0.226 e. The zero-order valence-electron chi connectivity index (χ0n) is 12.9. The predicted octanol–water partition coefficient (Wildman–Crippen LogP) is 3.89. The van der Waals surface area contributed by atoms with E-state index in [0.717, 1.165) is 28.1 Å². The minimum atomic E-state index is -0.275. The standard InChI is InChI=1S/C18H12ClFN4O/c19-11-3-6-15-13(7-11)16-14(8-25-15)17(10-1-4-12(20)5-2-10)24-18(23-16)21-9-22-24/h1-7,9,17H,8H2,(H,21,22,23)/t17-/m1/s1. The van der Waals surface area contributed by atoms with Crippen LogP contribution in [0.4, 0.5) is 10.3 Å². The molecule has 7 heteroatoms. The monoisotopic (exact) mass is 354 g/mol. The SMILES string of the molecule is Fc1ccc([C@@H]2C3=C(Nc4ncnn42)c2cc(Cl)ccc2OC3)cc1. The second kappa shape index (κ2) is 5.32. The number of ether oxygens (including phenoxy) is 1. The maximum absolute atomic E-state index is 13.4. The van der Waals surface area contributed by atoms with Gasteiger partial charge in [0.2, 0.25) is 5.95 Å². The van der Waals surface area contributed by atoms with Crippen molar-refractivity contribution in [1.29, 1.82) is 0 Å². The van der Waals surface area contributed by atoms with Crippen LogP contribution >= 0.6 is 11.6 Å². The molecule has 0 bridgehead atoms. The number of aromatic nitrogens is 3. The van der Waals surface area contributed by atoms with Crippen molar-refractivity contribution in [3.8, 4) is 5.75 Å². The molecule has 5 rings (SSSR count). The molecule has 0 amide bonds. The smallest absolute Gasteiger partial charge is 0.226 e. The van der Waals surface area contributed by atoms with Crippen molar-refractivity contribution in [2.45, 2.75) is 6.04 Å². The average molecular weight is 355 g/mol. The number of benzene rings is 2. The van der Waals surface area contributed by atoms with Crippen molar-refractivity contribution in [2.75, 3.05) is 11.9 Å². The van der Waals surface area contributed by atoms with Gasteiger partial charge in [-0.05, 0) is 35.9 Å². The van der Waals surface area contributed by atoms with Crippen LogP contribution in [0.3, 0.4) is 0 Å². The lowest BCUT2D eigenvalue weighted by Gasteiger charge is -2.34. The zero-order chi connectivity index (χ0) is 17.0. The molecule has 1 N–H and O–H groups in total. The van der Waals surface area contributed by atoms with Crippen LogP contribution in [0, 0.1) is 5.82 Å². The number of nitrogens with zero attached hydrogens (tertiary/aromatic N) is 3. The highest BCUT2D eigenvalue weighted by Crippen LogP contribution is 2.43. The van der Waals surface area contributed by atoms with Gasteiger partial charge in [0.05, 0.1) is 5.70 Å². The van der Waals surface area contributed by atoms with E-state index in [1.54, 1.807) is 22.9 Å². The van der Waals surface area contributed by atoms with Gasteiger partial charge in [-0.3, -0.25) is 0 Å². The minimum Gasteiger partial charge on any atom is -0.488 e. The maximum atomic E-state index is 13.4. The highest BCUT2D eigenvalue weighted by molar-refractivity contribution is 6.30. The molecule has 3 heterocycles. The molecular weight excluding hydrogens is 343 g/mol. The van der Waals surface area contributed by atoms with Gasteiger partial charge >= 0.3 is 0 Å². The Hall–Kier alpha value is -2.86. The van der Waals surface area contributed by atoms with Crippen molar-refractivity contribution in [1.82, 2.24) is 14.8 Å². The summed E-state index contributed by atoms with van der Waals surface area (Å²) in [6.07, 6.45) is 1.50. The largest absolute Gasteiger partial charge is 0.488 e. The number of halogens is 2. The Bertz CT molecular complexity index is 1010. The number of hydrogen-bond donors (Lipinski definition) is 1. The first-order chi connectivity index (χ1) is 12.2. The highest BCUT2D eigenvalue weighted by atomic mass is 35.5. The normalized spacial score (nSPS) is 17.9. The number of nitrogens with one attached hydrogen (secondary N) is 1. The number of hydrogen-bond acceptors (Lipinski definition) is 4. The van der Waals surface area contributed by atoms with Crippen molar-refractivity contribution in [3.05, 3.63) is 76.3 Å². The molecular formula is C18H12ClFN4O. The summed E-state index contributed by atoms with van der Waals surface area (Å²) in [5.74, 6) is 1.12. The van der Waals surface area contributed by atoms with Crippen molar-refractivity contribution < 1.29 is 9.13 Å². The van der Waals surface area contributed by atoms with Crippen molar-refractivity contribution in [2.24, 2.45) is 0 Å². The third kappa shape index (κ3) is 2.21. The Morgan fingerprint density at radius 1 is 1.20 bits per heavy atom. The van der Waals surface area contributed by atoms with Crippen LogP contribution in [0.25, 0.3) is 5.70 Å². The third-order valence-corrected chi connectivity index (χ3v) is 4.72. The van der Waals surface area contributed by atoms with Gasteiger partial charge in [-0.2, -0.15) is 10.1 Å². The third-order valence-electron chi connectivity index (χ3n) is 4.49. The van der Waals surface area contributed by atoms with E-state index in [-0.39, 0.29) is 11.9 Å². The lowest BCUT2D eigenvalue weighted by atomic mass is 9.92. The van der Waals surface area contributed by atoms with E-state index in [1.807, 2.05) is 12.1 Å². The summed E-state index contributed by atoms with van der Waals surface area (Å²) in [6.45, 7) is 0.401. The molecule has 2 aromatic carbocycles. The molecule has 0 aliphatic carbocycles. The minimum absolute atomic E-state index is 0.221. The van der Waals surface area contributed by atoms with Crippen molar-refractivity contribution >= 4 is 23.2 Å². The first kappa shape index (κ1) is 14.5. The van der Waals surface area contributed by atoms with E-state index in [2.05, 4.69) is 15.4 Å². The first-order valence-corrected chi connectivity index (χ1v) is 8.16. The van der Waals surface area contributed by atoms with E-state index >= 15 is 0 Å². The molecule has 1 aromatic heterocycles. The predicted molar refractivity (Wildman–Crippen MR) is 92.1 cm³/mol. The van der Waals surface area contributed by atoms with Crippen LogP contribution in [0.15, 0.2) is 54.4 Å². The lowest BCUT2D eigenvalue weighted by molar-refractivity contribution is 0.328. The van der Waals surface area contributed by atoms with Crippen LogP contribution in [0.2, 0.25) is 5.02 Å². The first-order valence-electron chi connectivity index (χ1n) is 7.78. The number of rotatable bonds is 1. The van der Waals surface area contributed by atoms with Gasteiger partial charge in [0.1, 0.15) is 30.5 Å². The Balaban J connectivity index is 1.73. The van der Waals surface area contributed by atoms with Gasteiger partial charge in [0.15, 0.2) is 0 Å². The van der Waals surface area contributed by atoms with Crippen LogP contribution in [0.1, 0.15) is 17.2 Å². The van der Waals surface area contributed by atoms with Crippen LogP contribution in [-0.4, -0.2) is 21.4 Å². The number of fused-ring (bicyclic) bond motifs is 3. The van der Waals surface area contributed by atoms with E-state index in [0.29, 0.717) is 17.6 Å². The average Bonchev–Trinajstić information content (AvgIpc) is 3.09. The topological polar surface area (TPSA) is 52.0 Å². The molecule has 0 fully saturated rings. The second-order valence-corrected chi connectivity index (χ2v) is 6.37. The molecule has 0 radical (unpaired) electrons. The number of anilines is 1. The molecule has 3 aromatic rings. The van der Waals surface area contributed by atoms with Gasteiger partial charge in [0, 0.05) is 16.2 Å². The summed E-state index contributed by atoms with van der Waals surface area (Å²) in [4.78, 5) is 4.30. The van der Waals surface area contributed by atoms with E-state index in [4.69, 9.17) is 16.3 Å². The zero-order valence-corrected chi connectivity index (χ0v) is 13.7. The Morgan fingerprint density at radius 3 is 2.88 bits per heavy atom. The molecule has 0 spiro atoms. The van der Waals surface area contributed by atoms with Crippen molar-refractivity contribution in [3.63, 3.8) is 0 Å². The molecule has 0 saturated carbocycles. The van der Waals surface area contributed by atoms with Crippen LogP contribution in [0.5, 0.6) is 5.75 Å². The summed E-state index contributed by atoms with van der Waals surface area (Å²) in [6, 6.07) is 11.7. The van der Waals surface area contributed by atoms with Gasteiger partial charge in [-0.1, -0.05) is 23.7 Å². The van der Waals surface area contributed by atoms with Gasteiger partial charge in [-0.25, -0.2) is 9.07 Å². The molecule has 0 saturated heterocycles. The lowest BCUT2D eigenvalue weighted by Crippen LogP contribution is -2.30. The summed E-state index contributed by atoms with van der Waals surface area (Å²) in [5.41, 5.74) is 3.71. The van der Waals surface area contributed by atoms with E-state index in [9.17, 15) is 4.39 Å². The van der Waals surface area contributed by atoms with Gasteiger partial charge in [-0.15, -0.1) is 0 Å². The summed E-state index contributed by atoms with van der Waals surface area (Å²) in [5, 5.41) is 8.29. The Kier molecular flexibility index (Phi) is 3.08. The van der Waals surface area contributed by atoms with Crippen LogP contribution in [-0.2, 0) is 0 Å². The Labute approximate surface area is 147 Å². The van der Waals surface area contributed by atoms with E-state index < -0.39 is 0 Å². The fourth-order valence-electron chi connectivity index (χ4n) is 3.36. The quantitative estimate of drug-likeness (QED) is 0.720. The molecule has 2 aliphatic heterocycles. The summed E-state index contributed by atoms with van der Waals surface area (Å²) >= 11 is 6.18. The van der Waals surface area contributed by atoms with Gasteiger partial charge in [0.25, 0.3) is 0 Å². The molecule has 124 valence electrons. The molecule has 5 nitrogen and oxygen atoms in total. The van der Waals surface area contributed by atoms with Gasteiger partial charge < -0.3 is 10.1 Å². The Morgan fingerprint density at radius 2 is 2.04 bits per heavy atom. The van der Waals surface area contributed by atoms with Crippen LogP contribution < -0.4 is 10.1 Å². The second-order valence-electron chi connectivity index (χ2n) is 5.94. The summed E-state index contributed by atoms with van der Waals surface area (Å²) in [7, 11) is 0. The van der Waals surface area contributed by atoms with E-state index in [1.165, 1.54) is 18.5 Å². The highest BCUT2D eigenvalue weighted by Gasteiger charge is 2.34. The summed E-state index contributed by atoms with van der Waals surface area (Å²) < 4.78 is 21.1. The molecule has 25 heavy (non-hydrogen) atoms. The fraction of sp³-hybridized carbons (Fsp3) is 0.111. The fourth-order valence-corrected chi connectivity index (χ4v) is 3.53.